The number of thioether (sulfide) groups is 1. The van der Waals surface area contributed by atoms with Crippen LogP contribution in [0.3, 0.4) is 0 Å². The van der Waals surface area contributed by atoms with Gasteiger partial charge in [0.05, 0.1) is 0 Å². The third-order valence-electron chi connectivity index (χ3n) is 3.93. The standard InChI is InChI=1S/C17H20N4S/c1-13-7-4-5-8-14(13)12-22-17-19-18-16(21(17)3)11-15-9-6-10-20(15)2/h4-10H,11-12H2,1-3H3. The molecule has 0 N–H and O–H groups in total. The van der Waals surface area contributed by atoms with Crippen LogP contribution in [-0.2, 0) is 26.3 Å². The predicted octanol–water partition coefficient (Wildman–Crippen LogP) is 3.35. The molecule has 0 aliphatic carbocycles. The van der Waals surface area contributed by atoms with Crippen LogP contribution in [0.2, 0.25) is 0 Å². The molecule has 0 spiro atoms. The molecule has 114 valence electrons. The monoisotopic (exact) mass is 312 g/mol. The lowest BCUT2D eigenvalue weighted by Gasteiger charge is -2.06. The van der Waals surface area contributed by atoms with Crippen molar-refractivity contribution >= 4 is 11.8 Å². The molecule has 0 fully saturated rings. The molecular weight excluding hydrogens is 292 g/mol. The van der Waals surface area contributed by atoms with Crippen LogP contribution in [0.1, 0.15) is 22.6 Å². The summed E-state index contributed by atoms with van der Waals surface area (Å²) >= 11 is 1.73. The number of benzene rings is 1. The third-order valence-corrected chi connectivity index (χ3v) is 5.00. The van der Waals surface area contributed by atoms with Gasteiger partial charge in [0.2, 0.25) is 0 Å². The van der Waals surface area contributed by atoms with E-state index in [4.69, 9.17) is 0 Å². The first kappa shape index (κ1) is 14.9. The van der Waals surface area contributed by atoms with E-state index in [0.717, 1.165) is 23.2 Å². The van der Waals surface area contributed by atoms with Crippen LogP contribution in [0.25, 0.3) is 0 Å². The molecule has 0 amide bonds. The Bertz CT molecular complexity index is 773. The van der Waals surface area contributed by atoms with Crippen LogP contribution in [0, 0.1) is 6.92 Å². The van der Waals surface area contributed by atoms with E-state index in [9.17, 15) is 0 Å². The van der Waals surface area contributed by atoms with E-state index in [1.54, 1.807) is 11.8 Å². The van der Waals surface area contributed by atoms with Gasteiger partial charge in [0.1, 0.15) is 5.82 Å². The molecule has 0 aliphatic rings. The van der Waals surface area contributed by atoms with Gasteiger partial charge >= 0.3 is 0 Å². The van der Waals surface area contributed by atoms with Gasteiger partial charge in [0.15, 0.2) is 5.16 Å². The molecular formula is C17H20N4S. The van der Waals surface area contributed by atoms with Gasteiger partial charge in [-0.1, -0.05) is 36.0 Å². The summed E-state index contributed by atoms with van der Waals surface area (Å²) in [5.41, 5.74) is 3.91. The second kappa shape index (κ2) is 6.40. The Hall–Kier alpha value is -2.01. The summed E-state index contributed by atoms with van der Waals surface area (Å²) in [6, 6.07) is 12.6. The summed E-state index contributed by atoms with van der Waals surface area (Å²) < 4.78 is 4.21. The Labute approximate surface area is 135 Å². The molecule has 3 aromatic rings. The summed E-state index contributed by atoms with van der Waals surface area (Å²) in [4.78, 5) is 0. The minimum Gasteiger partial charge on any atom is -0.354 e. The van der Waals surface area contributed by atoms with Crippen molar-refractivity contribution in [3.8, 4) is 0 Å². The molecule has 0 saturated heterocycles. The van der Waals surface area contributed by atoms with Gasteiger partial charge in [0.25, 0.3) is 0 Å². The van der Waals surface area contributed by atoms with Gasteiger partial charge in [-0.15, -0.1) is 10.2 Å². The molecule has 2 heterocycles. The van der Waals surface area contributed by atoms with E-state index in [0.29, 0.717) is 0 Å². The number of nitrogens with zero attached hydrogens (tertiary/aromatic N) is 4. The van der Waals surface area contributed by atoms with Crippen LogP contribution in [0.4, 0.5) is 0 Å². The minimum atomic E-state index is 0.803. The first-order valence-electron chi connectivity index (χ1n) is 7.31. The summed E-state index contributed by atoms with van der Waals surface area (Å²) in [5.74, 6) is 1.91. The average molecular weight is 312 g/mol. The van der Waals surface area contributed by atoms with Gasteiger partial charge in [-0.2, -0.15) is 0 Å². The van der Waals surface area contributed by atoms with Gasteiger partial charge in [-0.05, 0) is 30.2 Å². The van der Waals surface area contributed by atoms with E-state index in [-0.39, 0.29) is 0 Å². The maximum Gasteiger partial charge on any atom is 0.191 e. The molecule has 5 heteroatoms. The number of aryl methyl sites for hydroxylation is 2. The van der Waals surface area contributed by atoms with Crippen LogP contribution < -0.4 is 0 Å². The fourth-order valence-electron chi connectivity index (χ4n) is 2.38. The van der Waals surface area contributed by atoms with Crippen LogP contribution in [0.15, 0.2) is 47.8 Å². The fourth-order valence-corrected chi connectivity index (χ4v) is 3.39. The molecule has 0 bridgehead atoms. The van der Waals surface area contributed by atoms with Gasteiger partial charge in [-0.3, -0.25) is 0 Å². The van der Waals surface area contributed by atoms with Crippen molar-refractivity contribution in [1.29, 1.82) is 0 Å². The molecule has 0 unspecified atom stereocenters. The third kappa shape index (κ3) is 3.09. The van der Waals surface area contributed by atoms with Crippen molar-refractivity contribution in [2.45, 2.75) is 24.3 Å². The van der Waals surface area contributed by atoms with Gasteiger partial charge in [0, 0.05) is 38.2 Å². The smallest absolute Gasteiger partial charge is 0.191 e. The molecule has 22 heavy (non-hydrogen) atoms. The molecule has 0 radical (unpaired) electrons. The van der Waals surface area contributed by atoms with Crippen molar-refractivity contribution in [1.82, 2.24) is 19.3 Å². The average Bonchev–Trinajstić information content (AvgIpc) is 3.07. The molecule has 4 nitrogen and oxygen atoms in total. The van der Waals surface area contributed by atoms with E-state index in [1.807, 2.05) is 7.05 Å². The van der Waals surface area contributed by atoms with Crippen molar-refractivity contribution in [3.63, 3.8) is 0 Å². The van der Waals surface area contributed by atoms with Crippen molar-refractivity contribution in [3.05, 3.63) is 65.2 Å². The molecule has 0 saturated carbocycles. The summed E-state index contributed by atoms with van der Waals surface area (Å²) in [5, 5.41) is 9.65. The predicted molar refractivity (Wildman–Crippen MR) is 90.0 cm³/mol. The summed E-state index contributed by atoms with van der Waals surface area (Å²) in [7, 11) is 4.10. The van der Waals surface area contributed by atoms with E-state index in [2.05, 4.69) is 75.9 Å². The molecule has 2 aromatic heterocycles. The Morgan fingerprint density at radius 3 is 2.59 bits per heavy atom. The quantitative estimate of drug-likeness (QED) is 0.678. The first-order valence-corrected chi connectivity index (χ1v) is 8.29. The van der Waals surface area contributed by atoms with E-state index < -0.39 is 0 Å². The van der Waals surface area contributed by atoms with Crippen LogP contribution in [0.5, 0.6) is 0 Å². The highest BCUT2D eigenvalue weighted by Gasteiger charge is 2.11. The number of hydrogen-bond donors (Lipinski definition) is 0. The van der Waals surface area contributed by atoms with Crippen LogP contribution >= 0.6 is 11.8 Å². The normalized spacial score (nSPS) is 11.0. The van der Waals surface area contributed by atoms with Crippen LogP contribution in [-0.4, -0.2) is 19.3 Å². The fraction of sp³-hybridized carbons (Fsp3) is 0.294. The van der Waals surface area contributed by atoms with E-state index >= 15 is 0 Å². The lowest BCUT2D eigenvalue weighted by molar-refractivity contribution is 0.731. The first-order chi connectivity index (χ1) is 10.6. The number of aromatic nitrogens is 4. The highest BCUT2D eigenvalue weighted by molar-refractivity contribution is 7.98. The van der Waals surface area contributed by atoms with Crippen molar-refractivity contribution in [2.24, 2.45) is 14.1 Å². The zero-order valence-corrected chi connectivity index (χ0v) is 14.0. The maximum atomic E-state index is 4.35. The lowest BCUT2D eigenvalue weighted by Crippen LogP contribution is -2.03. The largest absolute Gasteiger partial charge is 0.354 e. The zero-order chi connectivity index (χ0) is 15.5. The minimum absolute atomic E-state index is 0.803. The Morgan fingerprint density at radius 1 is 1.05 bits per heavy atom. The highest BCUT2D eigenvalue weighted by Crippen LogP contribution is 2.23. The van der Waals surface area contributed by atoms with Crippen molar-refractivity contribution in [2.75, 3.05) is 0 Å². The summed E-state index contributed by atoms with van der Waals surface area (Å²) in [6.45, 7) is 2.15. The Kier molecular flexibility index (Phi) is 4.34. The topological polar surface area (TPSA) is 35.6 Å². The Balaban J connectivity index is 1.71. The van der Waals surface area contributed by atoms with Gasteiger partial charge in [-0.25, -0.2) is 0 Å². The number of rotatable bonds is 5. The second-order valence-electron chi connectivity index (χ2n) is 5.46. The number of hydrogen-bond acceptors (Lipinski definition) is 3. The highest BCUT2D eigenvalue weighted by atomic mass is 32.2. The molecule has 1 aromatic carbocycles. The maximum absolute atomic E-state index is 4.35. The molecule has 3 rings (SSSR count). The lowest BCUT2D eigenvalue weighted by atomic mass is 10.1. The summed E-state index contributed by atoms with van der Waals surface area (Å²) in [6.07, 6.45) is 2.86. The molecule has 0 aliphatic heterocycles. The van der Waals surface area contributed by atoms with E-state index in [1.165, 1.54) is 16.8 Å². The Morgan fingerprint density at radius 2 is 1.86 bits per heavy atom. The SMILES string of the molecule is Cc1ccccc1CSc1nnc(Cc2cccn2C)n1C. The molecule has 0 atom stereocenters. The van der Waals surface area contributed by atoms with Gasteiger partial charge < -0.3 is 9.13 Å². The van der Waals surface area contributed by atoms with Crippen molar-refractivity contribution < 1.29 is 0 Å². The second-order valence-corrected chi connectivity index (χ2v) is 6.40. The zero-order valence-electron chi connectivity index (χ0n) is 13.2.